The molecule has 33 heavy (non-hydrogen) atoms. The Kier molecular flexibility index (Phi) is 5.35. The summed E-state index contributed by atoms with van der Waals surface area (Å²) in [4.78, 5) is 13.5. The van der Waals surface area contributed by atoms with Gasteiger partial charge in [0.25, 0.3) is 10.0 Å². The van der Waals surface area contributed by atoms with Gasteiger partial charge >= 0.3 is 0 Å². The van der Waals surface area contributed by atoms with Gasteiger partial charge in [-0.2, -0.15) is 0 Å². The minimum absolute atomic E-state index is 0.0356. The van der Waals surface area contributed by atoms with E-state index in [9.17, 15) is 13.2 Å². The van der Waals surface area contributed by atoms with E-state index in [2.05, 4.69) is 30.8 Å². The number of carbonyl (C=O) groups is 1. The lowest BCUT2D eigenvalue weighted by atomic mass is 9.49. The zero-order chi connectivity index (χ0) is 23.4. The molecule has 2 N–H and O–H groups in total. The minimum Gasteiger partial charge on any atom is -0.326 e. The molecule has 2 aromatic rings. The van der Waals surface area contributed by atoms with E-state index in [1.54, 1.807) is 36.4 Å². The van der Waals surface area contributed by atoms with Gasteiger partial charge < -0.3 is 5.32 Å². The molecule has 4 aliphatic rings. The summed E-state index contributed by atoms with van der Waals surface area (Å²) in [5.74, 6) is 2.30. The van der Waals surface area contributed by atoms with Crippen LogP contribution in [0.2, 0.25) is 0 Å². The van der Waals surface area contributed by atoms with Crippen molar-refractivity contribution in [2.24, 2.45) is 23.2 Å². The van der Waals surface area contributed by atoms with Crippen molar-refractivity contribution >= 4 is 27.3 Å². The number of benzene rings is 2. The standard InChI is InChI=1S/C27H34N2O3S/c1-26(2,3)21-4-10-24(11-5-21)33(31,32)29-23-8-6-22(7-9-23)28-25(30)27-15-18-12-19(16-27)14-20(13-18)17-27/h4-11,18-20,29H,12-17H2,1-3H3,(H,28,30). The summed E-state index contributed by atoms with van der Waals surface area (Å²) in [6.07, 6.45) is 6.99. The molecule has 0 saturated heterocycles. The van der Waals surface area contributed by atoms with Crippen LogP contribution in [0.15, 0.2) is 53.4 Å². The van der Waals surface area contributed by atoms with E-state index < -0.39 is 10.0 Å². The summed E-state index contributed by atoms with van der Waals surface area (Å²) in [5, 5.41) is 3.12. The van der Waals surface area contributed by atoms with Gasteiger partial charge in [0, 0.05) is 11.4 Å². The second kappa shape index (κ2) is 7.86. The van der Waals surface area contributed by atoms with Crippen LogP contribution in [-0.4, -0.2) is 14.3 Å². The van der Waals surface area contributed by atoms with Gasteiger partial charge in [0.15, 0.2) is 0 Å². The average Bonchev–Trinajstić information content (AvgIpc) is 2.73. The van der Waals surface area contributed by atoms with Crippen molar-refractivity contribution in [3.63, 3.8) is 0 Å². The first-order valence-corrected chi connectivity index (χ1v) is 13.6. The monoisotopic (exact) mass is 466 g/mol. The van der Waals surface area contributed by atoms with Gasteiger partial charge in [-0.05, 0) is 104 Å². The van der Waals surface area contributed by atoms with E-state index in [1.807, 2.05) is 12.1 Å². The fourth-order valence-electron chi connectivity index (χ4n) is 6.62. The molecule has 6 heteroatoms. The molecule has 0 radical (unpaired) electrons. The Balaban J connectivity index is 1.25. The third-order valence-corrected chi connectivity index (χ3v) is 9.34. The highest BCUT2D eigenvalue weighted by atomic mass is 32.2. The first kappa shape index (κ1) is 22.5. The zero-order valence-corrected chi connectivity index (χ0v) is 20.5. The molecule has 0 aromatic heterocycles. The highest BCUT2D eigenvalue weighted by molar-refractivity contribution is 7.92. The van der Waals surface area contributed by atoms with Crippen LogP contribution in [0.3, 0.4) is 0 Å². The molecule has 4 saturated carbocycles. The third kappa shape index (κ3) is 4.42. The molecule has 2 aromatic carbocycles. The maximum atomic E-state index is 13.2. The fraction of sp³-hybridized carbons (Fsp3) is 0.519. The number of carbonyl (C=O) groups excluding carboxylic acids is 1. The van der Waals surface area contributed by atoms with Crippen molar-refractivity contribution in [1.29, 1.82) is 0 Å². The first-order chi connectivity index (χ1) is 15.5. The van der Waals surface area contributed by atoms with Gasteiger partial charge in [-0.25, -0.2) is 8.42 Å². The Morgan fingerprint density at radius 2 is 1.30 bits per heavy atom. The predicted octanol–water partition coefficient (Wildman–Crippen LogP) is 5.94. The van der Waals surface area contributed by atoms with Crippen LogP contribution >= 0.6 is 0 Å². The van der Waals surface area contributed by atoms with E-state index >= 15 is 0 Å². The van der Waals surface area contributed by atoms with Gasteiger partial charge in [0.2, 0.25) is 5.91 Å². The van der Waals surface area contributed by atoms with E-state index in [1.165, 1.54) is 19.3 Å². The second-order valence-electron chi connectivity index (χ2n) is 11.6. The molecule has 176 valence electrons. The molecule has 4 bridgehead atoms. The molecule has 4 fully saturated rings. The number of rotatable bonds is 5. The molecule has 0 unspecified atom stereocenters. The maximum Gasteiger partial charge on any atom is 0.261 e. The molecule has 6 rings (SSSR count). The van der Waals surface area contributed by atoms with Gasteiger partial charge in [-0.1, -0.05) is 32.9 Å². The Morgan fingerprint density at radius 3 is 1.79 bits per heavy atom. The summed E-state index contributed by atoms with van der Waals surface area (Å²) in [5.41, 5.74) is 2.04. The summed E-state index contributed by atoms with van der Waals surface area (Å²) in [6, 6.07) is 14.0. The largest absolute Gasteiger partial charge is 0.326 e. The molecular formula is C27H34N2O3S. The van der Waals surface area contributed by atoms with E-state index in [0.29, 0.717) is 11.4 Å². The minimum atomic E-state index is -3.68. The lowest BCUT2D eigenvalue weighted by molar-refractivity contribution is -0.140. The molecular weight excluding hydrogens is 432 g/mol. The summed E-state index contributed by atoms with van der Waals surface area (Å²) >= 11 is 0. The van der Waals surface area contributed by atoms with Crippen LogP contribution in [0.4, 0.5) is 11.4 Å². The molecule has 0 spiro atoms. The Bertz CT molecular complexity index is 1110. The molecule has 5 nitrogen and oxygen atoms in total. The maximum absolute atomic E-state index is 13.2. The van der Waals surface area contributed by atoms with Crippen molar-refractivity contribution in [2.45, 2.75) is 69.6 Å². The Labute approximate surface area is 197 Å². The lowest BCUT2D eigenvalue weighted by Gasteiger charge is -2.55. The first-order valence-electron chi connectivity index (χ1n) is 12.1. The summed E-state index contributed by atoms with van der Waals surface area (Å²) < 4.78 is 28.2. The molecule has 0 aliphatic heterocycles. The normalized spacial score (nSPS) is 28.5. The second-order valence-corrected chi connectivity index (χ2v) is 13.3. The number of nitrogens with one attached hydrogen (secondary N) is 2. The molecule has 1 amide bonds. The Hall–Kier alpha value is -2.34. The third-order valence-electron chi connectivity index (χ3n) is 7.95. The fourth-order valence-corrected chi connectivity index (χ4v) is 7.68. The van der Waals surface area contributed by atoms with Gasteiger partial charge in [0.05, 0.1) is 10.3 Å². The van der Waals surface area contributed by atoms with Crippen LogP contribution < -0.4 is 10.0 Å². The number of hydrogen-bond acceptors (Lipinski definition) is 3. The topological polar surface area (TPSA) is 75.3 Å². The summed E-state index contributed by atoms with van der Waals surface area (Å²) in [6.45, 7) is 6.29. The van der Waals surface area contributed by atoms with Crippen LogP contribution in [0.25, 0.3) is 0 Å². The van der Waals surface area contributed by atoms with Crippen molar-refractivity contribution < 1.29 is 13.2 Å². The zero-order valence-electron chi connectivity index (χ0n) is 19.7. The van der Waals surface area contributed by atoms with Gasteiger partial charge in [-0.15, -0.1) is 0 Å². The molecule has 4 aliphatic carbocycles. The average molecular weight is 467 g/mol. The van der Waals surface area contributed by atoms with Crippen molar-refractivity contribution in [3.8, 4) is 0 Å². The highest BCUT2D eigenvalue weighted by Crippen LogP contribution is 2.60. The molecule has 0 heterocycles. The quantitative estimate of drug-likeness (QED) is 0.573. The SMILES string of the molecule is CC(C)(C)c1ccc(S(=O)(=O)Nc2ccc(NC(=O)C34CC5CC(CC(C5)C3)C4)cc2)cc1. The van der Waals surface area contributed by atoms with E-state index in [0.717, 1.165) is 42.6 Å². The predicted molar refractivity (Wildman–Crippen MR) is 132 cm³/mol. The number of sulfonamides is 1. The number of hydrogen-bond donors (Lipinski definition) is 2. The van der Waals surface area contributed by atoms with Gasteiger partial charge in [-0.3, -0.25) is 9.52 Å². The van der Waals surface area contributed by atoms with E-state index in [-0.39, 0.29) is 21.6 Å². The van der Waals surface area contributed by atoms with Crippen molar-refractivity contribution in [2.75, 3.05) is 10.0 Å². The summed E-state index contributed by atoms with van der Waals surface area (Å²) in [7, 11) is -3.68. The molecule has 0 atom stereocenters. The highest BCUT2D eigenvalue weighted by Gasteiger charge is 2.54. The van der Waals surface area contributed by atoms with Crippen LogP contribution in [0.5, 0.6) is 0 Å². The van der Waals surface area contributed by atoms with Crippen LogP contribution in [-0.2, 0) is 20.2 Å². The van der Waals surface area contributed by atoms with Crippen LogP contribution in [0.1, 0.15) is 64.9 Å². The van der Waals surface area contributed by atoms with E-state index in [4.69, 9.17) is 0 Å². The van der Waals surface area contributed by atoms with Gasteiger partial charge in [0.1, 0.15) is 0 Å². The lowest BCUT2D eigenvalue weighted by Crippen LogP contribution is -2.51. The number of amides is 1. The Morgan fingerprint density at radius 1 is 0.818 bits per heavy atom. The van der Waals surface area contributed by atoms with Crippen LogP contribution in [0, 0.1) is 23.2 Å². The van der Waals surface area contributed by atoms with Crippen molar-refractivity contribution in [3.05, 3.63) is 54.1 Å². The van der Waals surface area contributed by atoms with Crippen molar-refractivity contribution in [1.82, 2.24) is 0 Å². The smallest absolute Gasteiger partial charge is 0.261 e. The number of anilines is 2.